The summed E-state index contributed by atoms with van der Waals surface area (Å²) in [6.45, 7) is 1.63. The number of nitrogens with one attached hydrogen (secondary N) is 3. The number of furan rings is 1. The van der Waals surface area contributed by atoms with Crippen LogP contribution in [0.25, 0.3) is 10.9 Å². The summed E-state index contributed by atoms with van der Waals surface area (Å²) in [5.41, 5.74) is 4.90. The monoisotopic (exact) mass is 311 g/mol. The van der Waals surface area contributed by atoms with Crippen molar-refractivity contribution in [2.75, 3.05) is 0 Å². The second-order valence-corrected chi connectivity index (χ2v) is 4.88. The predicted molar refractivity (Wildman–Crippen MR) is 82.9 cm³/mol. The summed E-state index contributed by atoms with van der Waals surface area (Å²) in [6.07, 6.45) is 2.69. The Balaban J connectivity index is 1.79. The molecule has 3 rings (SSSR count). The number of hydrogen-bond donors (Lipinski definition) is 3. The highest BCUT2D eigenvalue weighted by molar-refractivity contribution is 6.00. The van der Waals surface area contributed by atoms with Gasteiger partial charge in [0.1, 0.15) is 11.3 Å². The average Bonchev–Trinajstić information content (AvgIpc) is 2.99. The number of amides is 2. The zero-order chi connectivity index (χ0) is 16.4. The van der Waals surface area contributed by atoms with Gasteiger partial charge in [0.25, 0.3) is 11.8 Å². The van der Waals surface area contributed by atoms with Crippen molar-refractivity contribution in [3.8, 4) is 0 Å². The average molecular weight is 311 g/mol. The van der Waals surface area contributed by atoms with Crippen molar-refractivity contribution in [1.82, 2.24) is 15.8 Å². The van der Waals surface area contributed by atoms with Gasteiger partial charge in [-0.25, -0.2) is 0 Å². The second-order valence-electron chi connectivity index (χ2n) is 4.88. The second kappa shape index (κ2) is 5.80. The van der Waals surface area contributed by atoms with E-state index in [1.165, 1.54) is 18.5 Å². The van der Waals surface area contributed by atoms with Gasteiger partial charge in [-0.1, -0.05) is 12.1 Å². The molecule has 0 bridgehead atoms. The highest BCUT2D eigenvalue weighted by Crippen LogP contribution is 2.08. The smallest absolute Gasteiger partial charge is 0.275 e. The van der Waals surface area contributed by atoms with Crippen LogP contribution in [0.3, 0.4) is 0 Å². The molecular formula is C16H13N3O4. The quantitative estimate of drug-likeness (QED) is 0.624. The normalized spacial score (nSPS) is 10.5. The van der Waals surface area contributed by atoms with Crippen LogP contribution in [0.5, 0.6) is 0 Å². The van der Waals surface area contributed by atoms with Crippen molar-refractivity contribution in [3.63, 3.8) is 0 Å². The van der Waals surface area contributed by atoms with Crippen molar-refractivity contribution in [1.29, 1.82) is 0 Å². The molecule has 3 N–H and O–H groups in total. The Kier molecular flexibility index (Phi) is 3.68. The molecule has 0 atom stereocenters. The third kappa shape index (κ3) is 2.71. The maximum Gasteiger partial charge on any atom is 0.275 e. The number of aryl methyl sites for hydroxylation is 1. The molecule has 2 aromatic heterocycles. The van der Waals surface area contributed by atoms with Crippen molar-refractivity contribution in [2.24, 2.45) is 0 Å². The summed E-state index contributed by atoms with van der Waals surface area (Å²) in [6, 6.07) is 8.34. The molecular weight excluding hydrogens is 298 g/mol. The third-order valence-corrected chi connectivity index (χ3v) is 3.43. The Morgan fingerprint density at radius 1 is 1.04 bits per heavy atom. The minimum Gasteiger partial charge on any atom is -0.469 e. The van der Waals surface area contributed by atoms with Gasteiger partial charge in [-0.2, -0.15) is 0 Å². The molecule has 0 spiro atoms. The van der Waals surface area contributed by atoms with Crippen LogP contribution in [-0.4, -0.2) is 16.8 Å². The number of pyridine rings is 1. The first kappa shape index (κ1) is 14.6. The number of carbonyl (C=O) groups is 2. The van der Waals surface area contributed by atoms with E-state index in [0.29, 0.717) is 22.2 Å². The van der Waals surface area contributed by atoms with E-state index in [-0.39, 0.29) is 5.56 Å². The molecule has 2 amide bonds. The van der Waals surface area contributed by atoms with E-state index in [4.69, 9.17) is 4.42 Å². The lowest BCUT2D eigenvalue weighted by molar-refractivity contribution is 0.0845. The lowest BCUT2D eigenvalue weighted by Gasteiger charge is -2.07. The van der Waals surface area contributed by atoms with E-state index < -0.39 is 17.2 Å². The Bertz CT molecular complexity index is 955. The molecule has 1 aromatic carbocycles. The molecule has 0 aliphatic carbocycles. The van der Waals surface area contributed by atoms with Crippen LogP contribution in [0, 0.1) is 6.92 Å². The maximum atomic E-state index is 12.3. The minimum absolute atomic E-state index is 0.0899. The van der Waals surface area contributed by atoms with Gasteiger partial charge in [-0.05, 0) is 25.1 Å². The SMILES string of the molecule is Cc1occc1C(=O)NNC(=O)c1c[nH]c2ccccc2c1=O. The summed E-state index contributed by atoms with van der Waals surface area (Å²) in [5.74, 6) is -0.798. The van der Waals surface area contributed by atoms with Gasteiger partial charge >= 0.3 is 0 Å². The van der Waals surface area contributed by atoms with Gasteiger partial charge in [0.05, 0.1) is 11.8 Å². The Morgan fingerprint density at radius 2 is 1.74 bits per heavy atom. The summed E-state index contributed by atoms with van der Waals surface area (Å²) in [7, 11) is 0. The number of para-hydroxylation sites is 1. The van der Waals surface area contributed by atoms with Crippen LogP contribution in [-0.2, 0) is 0 Å². The molecule has 0 saturated carbocycles. The highest BCUT2D eigenvalue weighted by atomic mass is 16.3. The number of rotatable bonds is 2. The summed E-state index contributed by atoms with van der Waals surface area (Å²) in [4.78, 5) is 39.2. The predicted octanol–water partition coefficient (Wildman–Crippen LogP) is 1.50. The first-order valence-corrected chi connectivity index (χ1v) is 6.83. The molecule has 0 aliphatic rings. The van der Waals surface area contributed by atoms with E-state index in [1.54, 1.807) is 31.2 Å². The number of carbonyl (C=O) groups excluding carboxylic acids is 2. The van der Waals surface area contributed by atoms with Crippen LogP contribution in [0.15, 0.2) is 52.0 Å². The van der Waals surface area contributed by atoms with Gasteiger partial charge in [-0.15, -0.1) is 0 Å². The largest absolute Gasteiger partial charge is 0.469 e. The van der Waals surface area contributed by atoms with Crippen molar-refractivity contribution in [3.05, 3.63) is 69.9 Å². The van der Waals surface area contributed by atoms with E-state index in [9.17, 15) is 14.4 Å². The molecule has 23 heavy (non-hydrogen) atoms. The number of H-pyrrole nitrogens is 1. The Hall–Kier alpha value is -3.35. The van der Waals surface area contributed by atoms with Crippen LogP contribution in [0.2, 0.25) is 0 Å². The molecule has 0 radical (unpaired) electrons. The fraction of sp³-hybridized carbons (Fsp3) is 0.0625. The number of benzene rings is 1. The van der Waals surface area contributed by atoms with Crippen LogP contribution in [0.1, 0.15) is 26.5 Å². The van der Waals surface area contributed by atoms with E-state index in [1.807, 2.05) is 0 Å². The molecule has 0 saturated heterocycles. The lowest BCUT2D eigenvalue weighted by atomic mass is 10.1. The topological polar surface area (TPSA) is 104 Å². The van der Waals surface area contributed by atoms with E-state index in [0.717, 1.165) is 0 Å². The van der Waals surface area contributed by atoms with Gasteiger partial charge in [0.15, 0.2) is 0 Å². The molecule has 0 aliphatic heterocycles. The first-order chi connectivity index (χ1) is 11.1. The molecule has 0 fully saturated rings. The van der Waals surface area contributed by atoms with Gasteiger partial charge in [-0.3, -0.25) is 25.2 Å². The summed E-state index contributed by atoms with van der Waals surface area (Å²) < 4.78 is 5.02. The van der Waals surface area contributed by atoms with Crippen LogP contribution < -0.4 is 16.3 Å². The molecule has 3 aromatic rings. The lowest BCUT2D eigenvalue weighted by Crippen LogP contribution is -2.43. The fourth-order valence-electron chi connectivity index (χ4n) is 2.20. The number of aromatic amines is 1. The van der Waals surface area contributed by atoms with Crippen molar-refractivity contribution >= 4 is 22.7 Å². The van der Waals surface area contributed by atoms with Crippen LogP contribution in [0.4, 0.5) is 0 Å². The molecule has 116 valence electrons. The Morgan fingerprint density at radius 3 is 2.43 bits per heavy atom. The molecule has 2 heterocycles. The third-order valence-electron chi connectivity index (χ3n) is 3.43. The van der Waals surface area contributed by atoms with Crippen LogP contribution >= 0.6 is 0 Å². The van der Waals surface area contributed by atoms with Gasteiger partial charge in [0.2, 0.25) is 5.43 Å². The fourth-order valence-corrected chi connectivity index (χ4v) is 2.20. The zero-order valence-electron chi connectivity index (χ0n) is 12.2. The molecule has 7 nitrogen and oxygen atoms in total. The number of hydrazine groups is 1. The van der Waals surface area contributed by atoms with Gasteiger partial charge < -0.3 is 9.40 Å². The number of aromatic nitrogens is 1. The number of fused-ring (bicyclic) bond motifs is 1. The van der Waals surface area contributed by atoms with Gasteiger partial charge in [0, 0.05) is 17.1 Å². The summed E-state index contributed by atoms with van der Waals surface area (Å²) >= 11 is 0. The van der Waals surface area contributed by atoms with Crippen molar-refractivity contribution in [2.45, 2.75) is 6.92 Å². The zero-order valence-corrected chi connectivity index (χ0v) is 12.2. The maximum absolute atomic E-state index is 12.3. The summed E-state index contributed by atoms with van der Waals surface area (Å²) in [5, 5.41) is 0.400. The van der Waals surface area contributed by atoms with E-state index >= 15 is 0 Å². The first-order valence-electron chi connectivity index (χ1n) is 6.83. The highest BCUT2D eigenvalue weighted by Gasteiger charge is 2.15. The number of hydrogen-bond acceptors (Lipinski definition) is 4. The minimum atomic E-state index is -0.702. The molecule has 7 heteroatoms. The van der Waals surface area contributed by atoms with E-state index in [2.05, 4.69) is 15.8 Å². The van der Waals surface area contributed by atoms with Crippen molar-refractivity contribution < 1.29 is 14.0 Å². The standard InChI is InChI=1S/C16H13N3O4/c1-9-10(6-7-23-9)15(21)18-19-16(22)12-8-17-13-5-3-2-4-11(13)14(12)20/h2-8H,1H3,(H,17,20)(H,18,21)(H,19,22). The molecule has 0 unspecified atom stereocenters. The Labute approximate surface area is 130 Å².